The number of carbonyl (C=O) groups is 1. The topological polar surface area (TPSA) is 127 Å². The Hall–Kier alpha value is -3.28. The Morgan fingerprint density at radius 2 is 1.81 bits per heavy atom. The number of sulfonamides is 1. The van der Waals surface area contributed by atoms with Gasteiger partial charge in [-0.2, -0.15) is 19.3 Å². The smallest absolute Gasteiger partial charge is 0.258 e. The highest BCUT2D eigenvalue weighted by Gasteiger charge is 2.30. The van der Waals surface area contributed by atoms with Crippen LogP contribution in [0.5, 0.6) is 5.75 Å². The second-order valence-corrected chi connectivity index (χ2v) is 9.40. The van der Waals surface area contributed by atoms with E-state index in [2.05, 4.69) is 10.2 Å². The highest BCUT2D eigenvalue weighted by molar-refractivity contribution is 7.89. The van der Waals surface area contributed by atoms with Gasteiger partial charge in [0.1, 0.15) is 10.6 Å². The number of hydrogen-bond donors (Lipinski definition) is 2. The number of benzene rings is 2. The number of rotatable bonds is 10. The van der Waals surface area contributed by atoms with Crippen molar-refractivity contribution in [3.63, 3.8) is 0 Å². The van der Waals surface area contributed by atoms with Crippen LogP contribution in [0.1, 0.15) is 18.4 Å². The molecule has 10 nitrogen and oxygen atoms in total. The third kappa shape index (κ3) is 5.13. The van der Waals surface area contributed by atoms with E-state index in [9.17, 15) is 13.2 Å². The molecule has 168 valence electrons. The fourth-order valence-corrected chi connectivity index (χ4v) is 4.64. The van der Waals surface area contributed by atoms with Crippen LogP contribution in [0, 0.1) is 5.92 Å². The fraction of sp³-hybridized carbons (Fsp3) is 0.286. The summed E-state index contributed by atoms with van der Waals surface area (Å²) in [7, 11) is -4.11. The zero-order chi connectivity index (χ0) is 22.6. The summed E-state index contributed by atoms with van der Waals surface area (Å²) in [5.74, 6) is -0.152. The SMILES string of the molecule is O=C(CN(Cc1ccc(-n2nccn2)cc1)S(=O)(=O)c1ccccc1OCC1CC1)NO. The largest absolute Gasteiger partial charge is 0.492 e. The van der Waals surface area contributed by atoms with Gasteiger partial charge in [-0.15, -0.1) is 0 Å². The number of carbonyl (C=O) groups excluding carboxylic acids is 1. The fourth-order valence-electron chi connectivity index (χ4n) is 3.12. The lowest BCUT2D eigenvalue weighted by Crippen LogP contribution is -2.39. The van der Waals surface area contributed by atoms with Gasteiger partial charge in [-0.1, -0.05) is 24.3 Å². The van der Waals surface area contributed by atoms with E-state index >= 15 is 0 Å². The van der Waals surface area contributed by atoms with Crippen LogP contribution in [0.4, 0.5) is 0 Å². The van der Waals surface area contributed by atoms with Crippen molar-refractivity contribution >= 4 is 15.9 Å². The zero-order valence-electron chi connectivity index (χ0n) is 17.2. The minimum atomic E-state index is -4.11. The first-order chi connectivity index (χ1) is 15.5. The van der Waals surface area contributed by atoms with Crippen LogP contribution in [-0.4, -0.2) is 52.0 Å². The molecular formula is C21H23N5O5S. The van der Waals surface area contributed by atoms with Gasteiger partial charge in [0, 0.05) is 6.54 Å². The molecule has 1 heterocycles. The number of aromatic nitrogens is 3. The maximum atomic E-state index is 13.5. The summed E-state index contributed by atoms with van der Waals surface area (Å²) in [6, 6.07) is 13.3. The summed E-state index contributed by atoms with van der Waals surface area (Å²) in [6.07, 6.45) is 5.25. The maximum Gasteiger partial charge on any atom is 0.258 e. The summed E-state index contributed by atoms with van der Waals surface area (Å²) >= 11 is 0. The van der Waals surface area contributed by atoms with Crippen LogP contribution in [0.2, 0.25) is 0 Å². The van der Waals surface area contributed by atoms with Gasteiger partial charge >= 0.3 is 0 Å². The summed E-state index contributed by atoms with van der Waals surface area (Å²) < 4.78 is 33.7. The van der Waals surface area contributed by atoms with Crippen LogP contribution in [0.15, 0.2) is 65.8 Å². The standard InChI is InChI=1S/C21H23N5O5S/c27-21(24-28)14-25(13-16-7-9-18(10-8-16)26-22-11-12-23-26)32(29,30)20-4-2-1-3-19(20)31-15-17-5-6-17/h1-4,7-12,17,28H,5-6,13-15H2,(H,24,27). The molecule has 0 saturated heterocycles. The zero-order valence-corrected chi connectivity index (χ0v) is 18.0. The number of hydroxylamine groups is 1. The molecule has 4 rings (SSSR count). The molecule has 11 heteroatoms. The minimum absolute atomic E-state index is 0.0243. The van der Waals surface area contributed by atoms with E-state index in [-0.39, 0.29) is 17.2 Å². The third-order valence-electron chi connectivity index (χ3n) is 5.03. The van der Waals surface area contributed by atoms with E-state index in [0.29, 0.717) is 23.8 Å². The second-order valence-electron chi connectivity index (χ2n) is 7.49. The summed E-state index contributed by atoms with van der Waals surface area (Å²) in [6.45, 7) is -0.190. The molecule has 0 bridgehead atoms. The highest BCUT2D eigenvalue weighted by atomic mass is 32.2. The van der Waals surface area contributed by atoms with Gasteiger partial charge in [0.05, 0.1) is 31.2 Å². The molecule has 2 aromatic carbocycles. The molecule has 1 aliphatic carbocycles. The van der Waals surface area contributed by atoms with Crippen molar-refractivity contribution in [1.29, 1.82) is 0 Å². The van der Waals surface area contributed by atoms with E-state index in [0.717, 1.165) is 17.1 Å². The number of nitrogens with zero attached hydrogens (tertiary/aromatic N) is 4. The Bertz CT molecular complexity index is 1160. The molecule has 2 N–H and O–H groups in total. The molecular weight excluding hydrogens is 434 g/mol. The molecule has 1 saturated carbocycles. The second kappa shape index (κ2) is 9.47. The Balaban J connectivity index is 1.60. The number of amides is 1. The molecule has 0 atom stereocenters. The summed E-state index contributed by atoms with van der Waals surface area (Å²) in [5, 5.41) is 17.1. The van der Waals surface area contributed by atoms with E-state index in [1.54, 1.807) is 54.9 Å². The Labute approximate surface area is 185 Å². The monoisotopic (exact) mass is 457 g/mol. The molecule has 3 aromatic rings. The maximum absolute atomic E-state index is 13.5. The van der Waals surface area contributed by atoms with E-state index in [1.165, 1.54) is 16.3 Å². The average molecular weight is 458 g/mol. The van der Waals surface area contributed by atoms with Gasteiger partial charge in [-0.25, -0.2) is 13.9 Å². The van der Waals surface area contributed by atoms with Crippen molar-refractivity contribution in [2.24, 2.45) is 5.92 Å². The van der Waals surface area contributed by atoms with Crippen molar-refractivity contribution in [2.45, 2.75) is 24.3 Å². The molecule has 1 fully saturated rings. The van der Waals surface area contributed by atoms with Gasteiger partial charge in [-0.3, -0.25) is 10.0 Å². The lowest BCUT2D eigenvalue weighted by molar-refractivity contribution is -0.129. The lowest BCUT2D eigenvalue weighted by Gasteiger charge is -2.23. The van der Waals surface area contributed by atoms with E-state index in [1.807, 2.05) is 0 Å². The predicted molar refractivity (Wildman–Crippen MR) is 114 cm³/mol. The van der Waals surface area contributed by atoms with Crippen LogP contribution in [0.25, 0.3) is 5.69 Å². The van der Waals surface area contributed by atoms with Crippen molar-refractivity contribution in [1.82, 2.24) is 24.8 Å². The number of para-hydroxylation sites is 1. The van der Waals surface area contributed by atoms with Crippen molar-refractivity contribution < 1.29 is 23.2 Å². The Morgan fingerprint density at radius 1 is 1.12 bits per heavy atom. The molecule has 1 aliphatic rings. The average Bonchev–Trinajstić information content (AvgIpc) is 3.48. The molecule has 0 aliphatic heterocycles. The van der Waals surface area contributed by atoms with Crippen molar-refractivity contribution in [2.75, 3.05) is 13.2 Å². The first-order valence-electron chi connectivity index (χ1n) is 10.1. The van der Waals surface area contributed by atoms with Gasteiger partial charge in [0.15, 0.2) is 0 Å². The van der Waals surface area contributed by atoms with Gasteiger partial charge in [0.2, 0.25) is 10.0 Å². The Morgan fingerprint density at radius 3 is 2.47 bits per heavy atom. The number of ether oxygens (including phenoxy) is 1. The number of hydrogen-bond acceptors (Lipinski definition) is 7. The summed E-state index contributed by atoms with van der Waals surface area (Å²) in [4.78, 5) is 13.3. The normalized spacial score (nSPS) is 13.8. The van der Waals surface area contributed by atoms with E-state index < -0.39 is 22.5 Å². The van der Waals surface area contributed by atoms with Crippen LogP contribution >= 0.6 is 0 Å². The molecule has 1 aromatic heterocycles. The third-order valence-corrected chi connectivity index (χ3v) is 6.86. The molecule has 0 spiro atoms. The van der Waals surface area contributed by atoms with E-state index in [4.69, 9.17) is 9.94 Å². The quantitative estimate of drug-likeness (QED) is 0.351. The minimum Gasteiger partial charge on any atom is -0.492 e. The van der Waals surface area contributed by atoms with Crippen LogP contribution < -0.4 is 10.2 Å². The lowest BCUT2D eigenvalue weighted by atomic mass is 10.2. The predicted octanol–water partition coefficient (Wildman–Crippen LogP) is 1.75. The first kappa shape index (κ1) is 21.9. The van der Waals surface area contributed by atoms with Crippen molar-refractivity contribution in [3.8, 4) is 11.4 Å². The molecule has 0 unspecified atom stereocenters. The van der Waals surface area contributed by atoms with Crippen LogP contribution in [0.3, 0.4) is 0 Å². The molecule has 0 radical (unpaired) electrons. The Kier molecular flexibility index (Phi) is 6.49. The van der Waals surface area contributed by atoms with Gasteiger partial charge in [0.25, 0.3) is 5.91 Å². The number of nitrogens with one attached hydrogen (secondary N) is 1. The van der Waals surface area contributed by atoms with Gasteiger partial charge < -0.3 is 4.74 Å². The summed E-state index contributed by atoms with van der Waals surface area (Å²) in [5.41, 5.74) is 2.85. The molecule has 1 amide bonds. The molecule has 32 heavy (non-hydrogen) atoms. The first-order valence-corrected chi connectivity index (χ1v) is 11.5. The van der Waals surface area contributed by atoms with Crippen LogP contribution in [-0.2, 0) is 21.4 Å². The van der Waals surface area contributed by atoms with Gasteiger partial charge in [-0.05, 0) is 48.6 Å². The highest BCUT2D eigenvalue weighted by Crippen LogP contribution is 2.32. The van der Waals surface area contributed by atoms with Crippen molar-refractivity contribution in [3.05, 3.63) is 66.5 Å².